The molecular formula is C29H33ClF5N9O4. The van der Waals surface area contributed by atoms with Crippen LogP contribution in [-0.4, -0.2) is 98.5 Å². The second-order valence-corrected chi connectivity index (χ2v) is 12.1. The highest BCUT2D eigenvalue weighted by Gasteiger charge is 2.59. The number of unbranched alkanes of at least 4 members (excludes halogenated alkanes) is 1. The lowest BCUT2D eigenvalue weighted by molar-refractivity contribution is -0.141. The molecule has 0 radical (unpaired) electrons. The quantitative estimate of drug-likeness (QED) is 0.152. The van der Waals surface area contributed by atoms with E-state index in [0.29, 0.717) is 43.7 Å². The molecule has 2 aromatic heterocycles. The van der Waals surface area contributed by atoms with Crippen molar-refractivity contribution in [1.29, 1.82) is 0 Å². The van der Waals surface area contributed by atoms with E-state index >= 15 is 0 Å². The SMILES string of the molecule is CN(CCCCNC(=O)c1ccc(NC(=O)c2ncc(-c3cn([C@@H]4CC4(F)F)nc3C(F)(F)F)n2C)cc1Cl)C(=O)N[C@H]1CNC[C@@H]1O. The summed E-state index contributed by atoms with van der Waals surface area (Å²) in [6, 6.07) is 1.98. The standard InChI is InChI=1S/C29H33ClF5N9O4/c1-42(27(48)40-19-11-36-13-21(19)45)8-4-3-7-37-25(46)16-6-5-15(9-18(16)30)39-26(47)24-38-12-20(43(24)2)17-14-44(22-10-28(22,31)32)41-23(17)29(33,34)35/h5-6,9,12,14,19,21-22,36,45H,3-4,7-8,10-11,13H2,1-2H3,(H,37,46)(H,39,47)(H,40,48)/t19-,21-,22+/m0/s1. The first kappa shape index (κ1) is 35.0. The second-order valence-electron chi connectivity index (χ2n) is 11.7. The molecule has 0 spiro atoms. The molecular weight excluding hydrogens is 669 g/mol. The molecule has 5 rings (SSSR count). The lowest BCUT2D eigenvalue weighted by Gasteiger charge is -2.22. The van der Waals surface area contributed by atoms with Gasteiger partial charge >= 0.3 is 12.2 Å². The van der Waals surface area contributed by atoms with E-state index in [9.17, 15) is 41.4 Å². The Morgan fingerprint density at radius 2 is 1.92 bits per heavy atom. The maximum Gasteiger partial charge on any atom is 0.435 e. The summed E-state index contributed by atoms with van der Waals surface area (Å²) in [5, 5.41) is 24.2. The van der Waals surface area contributed by atoms with E-state index < -0.39 is 53.7 Å². The zero-order valence-corrected chi connectivity index (χ0v) is 26.5. The number of hydrogen-bond donors (Lipinski definition) is 5. The first-order valence-electron chi connectivity index (χ1n) is 14.9. The first-order valence-corrected chi connectivity index (χ1v) is 15.3. The summed E-state index contributed by atoms with van der Waals surface area (Å²) < 4.78 is 69.9. The maximum atomic E-state index is 13.7. The van der Waals surface area contributed by atoms with Crippen molar-refractivity contribution in [3.63, 3.8) is 0 Å². The number of urea groups is 1. The number of hydrogen-bond acceptors (Lipinski definition) is 7. The molecule has 3 heterocycles. The van der Waals surface area contributed by atoms with Crippen molar-refractivity contribution in [2.24, 2.45) is 7.05 Å². The van der Waals surface area contributed by atoms with Gasteiger partial charge in [0.05, 0.1) is 40.2 Å². The molecule has 1 aliphatic heterocycles. The Hall–Kier alpha value is -4.29. The maximum absolute atomic E-state index is 13.7. The summed E-state index contributed by atoms with van der Waals surface area (Å²) in [6.45, 7) is 1.64. The fraction of sp³-hybridized carbons (Fsp3) is 0.483. The molecule has 1 aromatic carbocycles. The summed E-state index contributed by atoms with van der Waals surface area (Å²) in [5.74, 6) is -4.71. The van der Waals surface area contributed by atoms with Crippen LogP contribution in [0, 0.1) is 0 Å². The molecule has 0 unspecified atom stereocenters. The number of benzene rings is 1. The third-order valence-corrected chi connectivity index (χ3v) is 8.41. The number of carbonyl (C=O) groups excluding carboxylic acids is 3. The number of aromatic nitrogens is 4. The molecule has 1 aliphatic carbocycles. The van der Waals surface area contributed by atoms with Crippen molar-refractivity contribution >= 4 is 35.1 Å². The van der Waals surface area contributed by atoms with E-state index in [-0.39, 0.29) is 39.9 Å². The summed E-state index contributed by atoms with van der Waals surface area (Å²) in [5.41, 5.74) is -1.74. The summed E-state index contributed by atoms with van der Waals surface area (Å²) >= 11 is 6.30. The summed E-state index contributed by atoms with van der Waals surface area (Å²) in [7, 11) is 2.93. The van der Waals surface area contributed by atoms with Gasteiger partial charge in [0.15, 0.2) is 11.5 Å². The van der Waals surface area contributed by atoms with Crippen LogP contribution in [0.2, 0.25) is 5.02 Å². The van der Waals surface area contributed by atoms with Gasteiger partial charge in [-0.1, -0.05) is 11.6 Å². The van der Waals surface area contributed by atoms with E-state index in [1.54, 1.807) is 7.05 Å². The number of alkyl halides is 5. The van der Waals surface area contributed by atoms with Gasteiger partial charge in [0.1, 0.15) is 6.04 Å². The van der Waals surface area contributed by atoms with E-state index in [1.165, 1.54) is 30.1 Å². The number of imidazole rings is 1. The van der Waals surface area contributed by atoms with Crippen molar-refractivity contribution in [1.82, 2.24) is 40.2 Å². The van der Waals surface area contributed by atoms with Crippen LogP contribution >= 0.6 is 11.6 Å². The largest absolute Gasteiger partial charge is 0.435 e. The highest BCUT2D eigenvalue weighted by molar-refractivity contribution is 6.34. The predicted molar refractivity (Wildman–Crippen MR) is 163 cm³/mol. The Kier molecular flexibility index (Phi) is 9.98. The Labute approximate surface area is 275 Å². The van der Waals surface area contributed by atoms with Gasteiger partial charge in [-0.05, 0) is 31.0 Å². The smallest absolute Gasteiger partial charge is 0.390 e. The molecule has 5 N–H and O–H groups in total. The van der Waals surface area contributed by atoms with Gasteiger partial charge in [0.25, 0.3) is 17.7 Å². The highest BCUT2D eigenvalue weighted by Crippen LogP contribution is 2.53. The van der Waals surface area contributed by atoms with Crippen LogP contribution in [-0.2, 0) is 13.2 Å². The Bertz CT molecular complexity index is 1700. The molecule has 1 saturated carbocycles. The second kappa shape index (κ2) is 13.7. The Morgan fingerprint density at radius 1 is 1.19 bits per heavy atom. The molecule has 13 nitrogen and oxygen atoms in total. The van der Waals surface area contributed by atoms with Crippen LogP contribution in [0.5, 0.6) is 0 Å². The fourth-order valence-corrected chi connectivity index (χ4v) is 5.49. The van der Waals surface area contributed by atoms with Crippen molar-refractivity contribution in [3.8, 4) is 11.3 Å². The van der Waals surface area contributed by atoms with Crippen LogP contribution in [0.3, 0.4) is 0 Å². The molecule has 48 heavy (non-hydrogen) atoms. The highest BCUT2D eigenvalue weighted by atomic mass is 35.5. The number of aliphatic hydroxyl groups is 1. The average molecular weight is 702 g/mol. The van der Waals surface area contributed by atoms with Crippen molar-refractivity contribution < 1.29 is 41.4 Å². The number of rotatable bonds is 11. The van der Waals surface area contributed by atoms with Crippen LogP contribution in [0.1, 0.15) is 52.0 Å². The molecule has 3 aromatic rings. The van der Waals surface area contributed by atoms with E-state index in [2.05, 4.69) is 31.3 Å². The molecule has 3 atom stereocenters. The zero-order chi connectivity index (χ0) is 35.0. The van der Waals surface area contributed by atoms with Crippen LogP contribution < -0.4 is 21.3 Å². The van der Waals surface area contributed by atoms with Crippen molar-refractivity contribution in [2.45, 2.75) is 49.5 Å². The minimum absolute atomic E-state index is 0.0185. The van der Waals surface area contributed by atoms with E-state index in [0.717, 1.165) is 17.0 Å². The van der Waals surface area contributed by atoms with Crippen LogP contribution in [0.25, 0.3) is 11.3 Å². The van der Waals surface area contributed by atoms with Gasteiger partial charge < -0.3 is 35.8 Å². The molecule has 4 amide bonds. The molecule has 1 saturated heterocycles. The molecule has 2 fully saturated rings. The van der Waals surface area contributed by atoms with Crippen molar-refractivity contribution in [3.05, 3.63) is 52.7 Å². The number of nitrogens with zero attached hydrogens (tertiary/aromatic N) is 5. The predicted octanol–water partition coefficient (Wildman–Crippen LogP) is 3.27. The fourth-order valence-electron chi connectivity index (χ4n) is 5.22. The number of halogens is 6. The number of amides is 4. The Morgan fingerprint density at radius 3 is 2.54 bits per heavy atom. The van der Waals surface area contributed by atoms with Gasteiger partial charge in [-0.25, -0.2) is 18.6 Å². The number of anilines is 1. The third-order valence-electron chi connectivity index (χ3n) is 8.10. The topological polar surface area (TPSA) is 158 Å². The van der Waals surface area contributed by atoms with Crippen LogP contribution in [0.15, 0.2) is 30.6 Å². The number of aliphatic hydroxyl groups excluding tert-OH is 1. The normalized spacial score (nSPS) is 20.0. The van der Waals surface area contributed by atoms with E-state index in [4.69, 9.17) is 11.6 Å². The lowest BCUT2D eigenvalue weighted by Crippen LogP contribution is -2.48. The van der Waals surface area contributed by atoms with Gasteiger partial charge in [0, 0.05) is 58.6 Å². The summed E-state index contributed by atoms with van der Waals surface area (Å²) in [4.78, 5) is 43.4. The number of carbonyl (C=O) groups is 3. The zero-order valence-electron chi connectivity index (χ0n) is 25.7. The van der Waals surface area contributed by atoms with Crippen molar-refractivity contribution in [2.75, 3.05) is 38.5 Å². The summed E-state index contributed by atoms with van der Waals surface area (Å²) in [6.07, 6.45) is -3.17. The van der Waals surface area contributed by atoms with Gasteiger partial charge in [-0.2, -0.15) is 18.3 Å². The Balaban J connectivity index is 1.14. The van der Waals surface area contributed by atoms with Crippen LogP contribution in [0.4, 0.5) is 32.4 Å². The van der Waals surface area contributed by atoms with E-state index in [1.807, 2.05) is 0 Å². The molecule has 19 heteroatoms. The average Bonchev–Trinajstić information content (AvgIpc) is 3.40. The first-order chi connectivity index (χ1) is 22.6. The monoisotopic (exact) mass is 701 g/mol. The van der Waals surface area contributed by atoms with Gasteiger partial charge in [-0.15, -0.1) is 0 Å². The number of β-amino-alcohol motifs (C(OH)–C–C–N with tert-alkyl or cyclic N) is 1. The molecule has 260 valence electrons. The molecule has 0 bridgehead atoms. The van der Waals surface area contributed by atoms with Gasteiger partial charge in [-0.3, -0.25) is 14.3 Å². The lowest BCUT2D eigenvalue weighted by atomic mass is 10.2. The third kappa shape index (κ3) is 7.71. The van der Waals surface area contributed by atoms with Gasteiger partial charge in [0.2, 0.25) is 0 Å². The number of nitrogens with one attached hydrogen (secondary N) is 4. The minimum atomic E-state index is -4.95. The minimum Gasteiger partial charge on any atom is -0.390 e. The molecule has 2 aliphatic rings.